The Balaban J connectivity index is 1.70. The number of hydrogen-bond donors (Lipinski definition) is 1. The van der Waals surface area contributed by atoms with E-state index in [1.54, 1.807) is 46.9 Å². The van der Waals surface area contributed by atoms with Crippen LogP contribution in [0.2, 0.25) is 0 Å². The maximum absolute atomic E-state index is 14.0. The van der Waals surface area contributed by atoms with Gasteiger partial charge in [0.15, 0.2) is 11.3 Å². The van der Waals surface area contributed by atoms with E-state index in [1.807, 2.05) is 0 Å². The van der Waals surface area contributed by atoms with E-state index in [-0.39, 0.29) is 24.7 Å². The molecule has 1 N–H and O–H groups in total. The highest BCUT2D eigenvalue weighted by Crippen LogP contribution is 2.29. The van der Waals surface area contributed by atoms with Crippen LogP contribution in [0, 0.1) is 5.82 Å². The molecule has 0 unspecified atom stereocenters. The Morgan fingerprint density at radius 2 is 1.97 bits per heavy atom. The number of halogens is 1. The minimum absolute atomic E-state index is 0.114. The van der Waals surface area contributed by atoms with Crippen molar-refractivity contribution in [2.75, 3.05) is 20.2 Å². The summed E-state index contributed by atoms with van der Waals surface area (Å²) in [4.78, 5) is 28.8. The number of carbonyl (C=O) groups excluding carboxylic acids is 1. The molecule has 0 saturated carbocycles. The predicted molar refractivity (Wildman–Crippen MR) is 120 cm³/mol. The van der Waals surface area contributed by atoms with Crippen LogP contribution < -0.4 is 9.47 Å². The number of nitrogens with zero attached hydrogens (tertiary/aromatic N) is 4. The number of likely N-dealkylation sites (N-methyl/N-ethyl adjacent to an activating group) is 1. The van der Waals surface area contributed by atoms with Crippen molar-refractivity contribution in [3.8, 4) is 11.6 Å². The van der Waals surface area contributed by atoms with Gasteiger partial charge in [-0.3, -0.25) is 0 Å². The second kappa shape index (κ2) is 9.94. The second-order valence-corrected chi connectivity index (χ2v) is 8.58. The molecule has 0 aliphatic carbocycles. The van der Waals surface area contributed by atoms with E-state index in [4.69, 9.17) is 14.2 Å². The lowest BCUT2D eigenvalue weighted by atomic mass is 10.1. The van der Waals surface area contributed by atoms with Crippen LogP contribution in [-0.2, 0) is 4.74 Å². The van der Waals surface area contributed by atoms with Gasteiger partial charge in [-0.2, -0.15) is 0 Å². The first-order valence-electron chi connectivity index (χ1n) is 10.6. The average Bonchev–Trinajstić information content (AvgIpc) is 3.17. The van der Waals surface area contributed by atoms with E-state index in [1.165, 1.54) is 29.3 Å². The molecule has 1 amide bonds. The third-order valence-electron chi connectivity index (χ3n) is 4.65. The lowest BCUT2D eigenvalue weighted by molar-refractivity contribution is 0.0277. The van der Waals surface area contributed by atoms with E-state index >= 15 is 0 Å². The smallest absolute Gasteiger partial charge is 0.410 e. The van der Waals surface area contributed by atoms with E-state index in [0.29, 0.717) is 17.0 Å². The Bertz CT molecular complexity index is 1190. The van der Waals surface area contributed by atoms with Crippen molar-refractivity contribution in [3.05, 3.63) is 53.6 Å². The van der Waals surface area contributed by atoms with Gasteiger partial charge in [0.05, 0.1) is 12.7 Å². The minimum Gasteiger partial charge on any atom is -0.491 e. The van der Waals surface area contributed by atoms with E-state index in [2.05, 4.69) is 10.1 Å². The first-order chi connectivity index (χ1) is 15.9. The summed E-state index contributed by atoms with van der Waals surface area (Å²) < 4.78 is 32.1. The lowest BCUT2D eigenvalue weighted by Gasteiger charge is -2.25. The third-order valence-corrected chi connectivity index (χ3v) is 4.65. The Kier molecular flexibility index (Phi) is 7.23. The van der Waals surface area contributed by atoms with Crippen molar-refractivity contribution in [2.45, 2.75) is 39.4 Å². The van der Waals surface area contributed by atoms with Crippen LogP contribution in [0.25, 0.3) is 5.65 Å². The number of benzene rings is 1. The van der Waals surface area contributed by atoms with Crippen LogP contribution in [0.5, 0.6) is 11.6 Å². The van der Waals surface area contributed by atoms with Gasteiger partial charge in [0.25, 0.3) is 0 Å². The molecule has 0 radical (unpaired) electrons. The van der Waals surface area contributed by atoms with Gasteiger partial charge >= 0.3 is 12.1 Å². The fourth-order valence-corrected chi connectivity index (χ4v) is 3.00. The molecule has 10 nitrogen and oxygen atoms in total. The molecule has 1 atom stereocenters. The molecular weight excluding hydrogens is 447 g/mol. The summed E-state index contributed by atoms with van der Waals surface area (Å²) in [5.74, 6) is -1.15. The summed E-state index contributed by atoms with van der Waals surface area (Å²) >= 11 is 0. The summed E-state index contributed by atoms with van der Waals surface area (Å²) in [7, 11) is 1.60. The van der Waals surface area contributed by atoms with Gasteiger partial charge in [-0.25, -0.2) is 23.5 Å². The SMILES string of the molecule is C[C@@H](Oc1ccc2ncc(C(=O)O)n2n1)c1cc(F)ccc1OCCN(C)C(=O)OC(C)(C)C. The number of imidazole rings is 1. The number of carbonyl (C=O) groups is 2. The molecule has 3 aromatic rings. The molecule has 0 saturated heterocycles. The third kappa shape index (κ3) is 6.12. The number of aromatic carboxylic acids is 1. The minimum atomic E-state index is -1.18. The topological polar surface area (TPSA) is 115 Å². The zero-order chi connectivity index (χ0) is 25.0. The van der Waals surface area contributed by atoms with Crippen molar-refractivity contribution in [1.82, 2.24) is 19.5 Å². The molecular formula is C23H27FN4O6. The number of aromatic nitrogens is 3. The first-order valence-corrected chi connectivity index (χ1v) is 10.6. The van der Waals surface area contributed by atoms with Crippen molar-refractivity contribution in [3.63, 3.8) is 0 Å². The highest BCUT2D eigenvalue weighted by Gasteiger charge is 2.21. The van der Waals surface area contributed by atoms with Crippen LogP contribution in [0.15, 0.2) is 36.5 Å². The normalized spacial score (nSPS) is 12.3. The van der Waals surface area contributed by atoms with Crippen molar-refractivity contribution >= 4 is 17.7 Å². The molecule has 34 heavy (non-hydrogen) atoms. The van der Waals surface area contributed by atoms with Crippen LogP contribution in [0.3, 0.4) is 0 Å². The lowest BCUT2D eigenvalue weighted by Crippen LogP contribution is -2.36. The molecule has 2 heterocycles. The number of fused-ring (bicyclic) bond motifs is 1. The highest BCUT2D eigenvalue weighted by molar-refractivity contribution is 5.86. The Labute approximate surface area is 195 Å². The summed E-state index contributed by atoms with van der Waals surface area (Å²) in [6.45, 7) is 7.42. The molecule has 2 aromatic heterocycles. The van der Waals surface area contributed by atoms with Crippen molar-refractivity contribution in [1.29, 1.82) is 0 Å². The zero-order valence-electron chi connectivity index (χ0n) is 19.6. The molecule has 182 valence electrons. The van der Waals surface area contributed by atoms with Crippen LogP contribution >= 0.6 is 0 Å². The van der Waals surface area contributed by atoms with Crippen LogP contribution in [0.1, 0.15) is 49.9 Å². The van der Waals surface area contributed by atoms with E-state index in [0.717, 1.165) is 4.52 Å². The van der Waals surface area contributed by atoms with Crippen LogP contribution in [-0.4, -0.2) is 62.5 Å². The number of carboxylic acid groups (broad SMARTS) is 1. The fourth-order valence-electron chi connectivity index (χ4n) is 3.00. The molecule has 0 bridgehead atoms. The Hall–Kier alpha value is -3.89. The summed E-state index contributed by atoms with van der Waals surface area (Å²) in [6.07, 6.45) is 0.0369. The van der Waals surface area contributed by atoms with Crippen molar-refractivity contribution < 1.29 is 33.3 Å². The molecule has 11 heteroatoms. The van der Waals surface area contributed by atoms with Gasteiger partial charge in [0, 0.05) is 18.7 Å². The quantitative estimate of drug-likeness (QED) is 0.522. The van der Waals surface area contributed by atoms with Crippen molar-refractivity contribution in [2.24, 2.45) is 0 Å². The molecule has 0 aliphatic heterocycles. The number of hydrogen-bond acceptors (Lipinski definition) is 7. The molecule has 0 spiro atoms. The van der Waals surface area contributed by atoms with E-state index in [9.17, 15) is 19.1 Å². The first kappa shape index (κ1) is 24.7. The summed E-state index contributed by atoms with van der Waals surface area (Å²) in [5.41, 5.74) is 0.0476. The van der Waals surface area contributed by atoms with Gasteiger partial charge in [-0.05, 0) is 52.0 Å². The molecule has 3 rings (SSSR count). The number of ether oxygens (including phenoxy) is 3. The zero-order valence-corrected chi connectivity index (χ0v) is 19.6. The summed E-state index contributed by atoms with van der Waals surface area (Å²) in [6, 6.07) is 7.14. The maximum Gasteiger partial charge on any atom is 0.410 e. The largest absolute Gasteiger partial charge is 0.491 e. The van der Waals surface area contributed by atoms with Gasteiger partial charge in [0.1, 0.15) is 29.9 Å². The van der Waals surface area contributed by atoms with Gasteiger partial charge in [-0.15, -0.1) is 5.10 Å². The monoisotopic (exact) mass is 474 g/mol. The van der Waals surface area contributed by atoms with Crippen LogP contribution in [0.4, 0.5) is 9.18 Å². The number of amides is 1. The Morgan fingerprint density at radius 1 is 1.24 bits per heavy atom. The predicted octanol–water partition coefficient (Wildman–Crippen LogP) is 3.95. The average molecular weight is 474 g/mol. The highest BCUT2D eigenvalue weighted by atomic mass is 19.1. The standard InChI is InChI=1S/C23H27FN4O6/c1-14(33-20-9-8-19-25-13-17(21(29)30)28(19)26-20)16-12-15(24)6-7-18(16)32-11-10-27(5)22(31)34-23(2,3)4/h6-9,12-14H,10-11H2,1-5H3,(H,29,30)/t14-/m1/s1. The fraction of sp³-hybridized carbons (Fsp3) is 0.391. The second-order valence-electron chi connectivity index (χ2n) is 8.58. The summed E-state index contributed by atoms with van der Waals surface area (Å²) in [5, 5.41) is 13.4. The number of carboxylic acids is 1. The van der Waals surface area contributed by atoms with Gasteiger partial charge in [0.2, 0.25) is 5.88 Å². The number of rotatable bonds is 8. The molecule has 0 aliphatic rings. The Morgan fingerprint density at radius 3 is 2.65 bits per heavy atom. The van der Waals surface area contributed by atoms with E-state index < -0.39 is 29.6 Å². The maximum atomic E-state index is 14.0. The van der Waals surface area contributed by atoms with Gasteiger partial charge in [-0.1, -0.05) is 0 Å². The molecule has 0 fully saturated rings. The molecule has 1 aromatic carbocycles. The van der Waals surface area contributed by atoms with Gasteiger partial charge < -0.3 is 24.2 Å².